The van der Waals surface area contributed by atoms with Gasteiger partial charge in [-0.15, -0.1) is 0 Å². The Balaban J connectivity index is 2.09. The molecule has 0 atom stereocenters. The van der Waals surface area contributed by atoms with Gasteiger partial charge in [-0.3, -0.25) is 14.7 Å². The maximum atomic E-state index is 11.2. The van der Waals surface area contributed by atoms with Gasteiger partial charge in [-0.2, -0.15) is 0 Å². The number of rotatable bonds is 3. The number of carbonyl (C=O) groups is 1. The van der Waals surface area contributed by atoms with Gasteiger partial charge in [0.1, 0.15) is 0 Å². The summed E-state index contributed by atoms with van der Waals surface area (Å²) in [5.41, 5.74) is 2.45. The Morgan fingerprint density at radius 3 is 2.61 bits per heavy atom. The minimum absolute atomic E-state index is 0.498. The molecule has 5 nitrogen and oxygen atoms in total. The van der Waals surface area contributed by atoms with E-state index in [1.807, 2.05) is 24.3 Å². The van der Waals surface area contributed by atoms with E-state index in [1.54, 1.807) is 24.5 Å². The molecular formula is C13H10N4O. The highest BCUT2D eigenvalue weighted by Gasteiger charge is 2.12. The monoisotopic (exact) mass is 238 g/mol. The predicted octanol–water partition coefficient (Wildman–Crippen LogP) is 2.25. The van der Waals surface area contributed by atoms with Crippen LogP contribution in [0.4, 0.5) is 11.6 Å². The first-order valence-corrected chi connectivity index (χ1v) is 5.48. The number of hydrogen-bond donors (Lipinski definition) is 1. The lowest BCUT2D eigenvalue weighted by atomic mass is 10.3. The first-order valence-electron chi connectivity index (χ1n) is 5.48. The van der Waals surface area contributed by atoms with Gasteiger partial charge in [0.15, 0.2) is 0 Å². The van der Waals surface area contributed by atoms with Crippen LogP contribution in [0.1, 0.15) is 0 Å². The summed E-state index contributed by atoms with van der Waals surface area (Å²) in [5.74, 6) is 0.498. The molecule has 2 aromatic heterocycles. The third-order valence-electron chi connectivity index (χ3n) is 2.65. The molecule has 18 heavy (non-hydrogen) atoms. The van der Waals surface area contributed by atoms with E-state index in [0.717, 1.165) is 23.1 Å². The number of hydrogen-bond acceptors (Lipinski definition) is 3. The lowest BCUT2D eigenvalue weighted by Gasteiger charge is -2.13. The van der Waals surface area contributed by atoms with Crippen LogP contribution in [0.15, 0.2) is 48.8 Å². The normalized spacial score (nSPS) is 10.4. The fourth-order valence-electron chi connectivity index (χ4n) is 1.79. The number of pyridine rings is 1. The summed E-state index contributed by atoms with van der Waals surface area (Å²) in [6.07, 6.45) is 4.00. The van der Waals surface area contributed by atoms with Gasteiger partial charge >= 0.3 is 0 Å². The Kier molecular flexibility index (Phi) is 2.49. The number of H-pyrrole nitrogens is 1. The molecule has 0 radical (unpaired) electrons. The van der Waals surface area contributed by atoms with E-state index in [-0.39, 0.29) is 0 Å². The van der Waals surface area contributed by atoms with Crippen molar-refractivity contribution in [3.63, 3.8) is 0 Å². The van der Waals surface area contributed by atoms with Crippen molar-refractivity contribution in [2.75, 3.05) is 4.90 Å². The van der Waals surface area contributed by atoms with E-state index in [4.69, 9.17) is 0 Å². The van der Waals surface area contributed by atoms with Crippen LogP contribution in [0.3, 0.4) is 0 Å². The second kappa shape index (κ2) is 4.29. The van der Waals surface area contributed by atoms with Crippen molar-refractivity contribution in [3.05, 3.63) is 48.8 Å². The second-order valence-electron chi connectivity index (χ2n) is 3.76. The number of imidazole rings is 1. The van der Waals surface area contributed by atoms with Gasteiger partial charge in [-0.1, -0.05) is 12.1 Å². The molecule has 1 N–H and O–H groups in total. The van der Waals surface area contributed by atoms with E-state index in [9.17, 15) is 4.79 Å². The van der Waals surface area contributed by atoms with E-state index in [2.05, 4.69) is 15.0 Å². The maximum absolute atomic E-state index is 11.2. The molecule has 5 heteroatoms. The third kappa shape index (κ3) is 1.71. The lowest BCUT2D eigenvalue weighted by molar-refractivity contribution is -0.106. The minimum Gasteiger partial charge on any atom is -0.323 e. The number of nitrogens with one attached hydrogen (secondary N) is 1. The van der Waals surface area contributed by atoms with Crippen LogP contribution in [0, 0.1) is 0 Å². The number of para-hydroxylation sites is 2. The molecular weight excluding hydrogens is 228 g/mol. The molecule has 3 aromatic rings. The molecule has 0 bridgehead atoms. The van der Waals surface area contributed by atoms with E-state index >= 15 is 0 Å². The van der Waals surface area contributed by atoms with Crippen molar-refractivity contribution in [1.29, 1.82) is 0 Å². The molecule has 0 aliphatic rings. The largest absolute Gasteiger partial charge is 0.323 e. The zero-order chi connectivity index (χ0) is 12.4. The highest BCUT2D eigenvalue weighted by Crippen LogP contribution is 2.22. The van der Waals surface area contributed by atoms with Gasteiger partial charge in [0.25, 0.3) is 0 Å². The molecule has 2 heterocycles. The zero-order valence-electron chi connectivity index (χ0n) is 9.45. The Morgan fingerprint density at radius 2 is 1.89 bits per heavy atom. The van der Waals surface area contributed by atoms with Gasteiger partial charge in [-0.05, 0) is 24.3 Å². The van der Waals surface area contributed by atoms with Crippen molar-refractivity contribution in [2.45, 2.75) is 0 Å². The number of carbonyl (C=O) groups excluding carboxylic acids is 1. The molecule has 0 unspecified atom stereocenters. The van der Waals surface area contributed by atoms with Crippen molar-refractivity contribution < 1.29 is 4.79 Å². The molecule has 0 saturated carbocycles. The number of anilines is 2. The smallest absolute Gasteiger partial charge is 0.221 e. The molecule has 0 fully saturated rings. The number of aromatic nitrogens is 3. The molecule has 0 spiro atoms. The lowest BCUT2D eigenvalue weighted by Crippen LogP contribution is -2.15. The minimum atomic E-state index is 0.498. The first-order chi connectivity index (χ1) is 8.88. The highest BCUT2D eigenvalue weighted by molar-refractivity contribution is 5.87. The number of aromatic amines is 1. The maximum Gasteiger partial charge on any atom is 0.221 e. The average Bonchev–Trinajstić information content (AvgIpc) is 2.84. The molecule has 88 valence electrons. The van der Waals surface area contributed by atoms with E-state index in [1.165, 1.54) is 4.90 Å². The Hall–Kier alpha value is -2.69. The standard InChI is InChI=1S/C13H10N4O/c18-9-17(10-5-7-14-8-6-10)13-15-11-3-1-2-4-12(11)16-13/h1-9H,(H,15,16). The molecule has 1 amide bonds. The van der Waals surface area contributed by atoms with Crippen LogP contribution in [0.2, 0.25) is 0 Å². The zero-order valence-corrected chi connectivity index (χ0v) is 9.45. The first kappa shape index (κ1) is 10.5. The SMILES string of the molecule is O=CN(c1ccncc1)c1nc2ccccc2[nH]1. The topological polar surface area (TPSA) is 61.9 Å². The molecule has 0 aliphatic carbocycles. The number of nitrogens with zero attached hydrogens (tertiary/aromatic N) is 3. The molecule has 0 saturated heterocycles. The van der Waals surface area contributed by atoms with Gasteiger partial charge in [0, 0.05) is 12.4 Å². The number of amides is 1. The summed E-state index contributed by atoms with van der Waals surface area (Å²) >= 11 is 0. The summed E-state index contributed by atoms with van der Waals surface area (Å²) in [5, 5.41) is 0. The highest BCUT2D eigenvalue weighted by atomic mass is 16.1. The van der Waals surface area contributed by atoms with Crippen LogP contribution >= 0.6 is 0 Å². The van der Waals surface area contributed by atoms with Gasteiger partial charge in [-0.25, -0.2) is 4.98 Å². The second-order valence-corrected chi connectivity index (χ2v) is 3.76. The summed E-state index contributed by atoms with van der Waals surface area (Å²) in [7, 11) is 0. The van der Waals surface area contributed by atoms with Crippen molar-refractivity contribution in [2.24, 2.45) is 0 Å². The van der Waals surface area contributed by atoms with Crippen LogP contribution < -0.4 is 4.90 Å². The summed E-state index contributed by atoms with van der Waals surface area (Å²) in [6.45, 7) is 0. The fourth-order valence-corrected chi connectivity index (χ4v) is 1.79. The van der Waals surface area contributed by atoms with Crippen molar-refractivity contribution in [3.8, 4) is 0 Å². The molecule has 0 aliphatic heterocycles. The van der Waals surface area contributed by atoms with Crippen LogP contribution in [-0.4, -0.2) is 21.4 Å². The number of benzene rings is 1. The van der Waals surface area contributed by atoms with E-state index < -0.39 is 0 Å². The van der Waals surface area contributed by atoms with Gasteiger partial charge in [0.05, 0.1) is 16.7 Å². The summed E-state index contributed by atoms with van der Waals surface area (Å²) in [6, 6.07) is 11.1. The third-order valence-corrected chi connectivity index (χ3v) is 2.65. The predicted molar refractivity (Wildman–Crippen MR) is 68.5 cm³/mol. The Morgan fingerprint density at radius 1 is 1.11 bits per heavy atom. The van der Waals surface area contributed by atoms with Gasteiger partial charge < -0.3 is 4.98 Å². The summed E-state index contributed by atoms with van der Waals surface area (Å²) < 4.78 is 0. The number of fused-ring (bicyclic) bond motifs is 1. The van der Waals surface area contributed by atoms with Crippen molar-refractivity contribution in [1.82, 2.24) is 15.0 Å². The quantitative estimate of drug-likeness (QED) is 0.712. The van der Waals surface area contributed by atoms with Crippen LogP contribution in [0.5, 0.6) is 0 Å². The van der Waals surface area contributed by atoms with Crippen LogP contribution in [0.25, 0.3) is 11.0 Å². The molecule has 3 rings (SSSR count). The van der Waals surface area contributed by atoms with Crippen LogP contribution in [-0.2, 0) is 4.79 Å². The Bertz CT molecular complexity index is 645. The summed E-state index contributed by atoms with van der Waals surface area (Å²) in [4.78, 5) is 24.1. The molecule has 1 aromatic carbocycles. The van der Waals surface area contributed by atoms with Crippen molar-refractivity contribution >= 4 is 29.1 Å². The average molecular weight is 238 g/mol. The van der Waals surface area contributed by atoms with Gasteiger partial charge in [0.2, 0.25) is 12.4 Å². The Labute approximate surface area is 103 Å². The fraction of sp³-hybridized carbons (Fsp3) is 0. The van der Waals surface area contributed by atoms with E-state index in [0.29, 0.717) is 5.95 Å².